The molecule has 5 rings (SSSR count). The van der Waals surface area contributed by atoms with Crippen molar-refractivity contribution in [2.24, 2.45) is 0 Å². The Morgan fingerprint density at radius 2 is 1.62 bits per heavy atom. The van der Waals surface area contributed by atoms with E-state index >= 15 is 0 Å². The molecule has 0 fully saturated rings. The van der Waals surface area contributed by atoms with Gasteiger partial charge in [0.15, 0.2) is 17.2 Å². The molecule has 34 heavy (non-hydrogen) atoms. The van der Waals surface area contributed by atoms with Crippen molar-refractivity contribution < 1.29 is 23.4 Å². The van der Waals surface area contributed by atoms with Gasteiger partial charge < -0.3 is 19.5 Å². The van der Waals surface area contributed by atoms with Crippen molar-refractivity contribution in [3.05, 3.63) is 83.3 Å². The van der Waals surface area contributed by atoms with Crippen LogP contribution in [0, 0.1) is 5.82 Å². The number of nitrogens with one attached hydrogen (secondary N) is 1. The Bertz CT molecular complexity index is 1410. The molecular formula is C26H22FN3O4. The Balaban J connectivity index is 1.67. The number of aromatic nitrogens is 2. The van der Waals surface area contributed by atoms with Crippen molar-refractivity contribution in [2.45, 2.75) is 6.42 Å². The van der Waals surface area contributed by atoms with Gasteiger partial charge in [0.1, 0.15) is 17.3 Å². The van der Waals surface area contributed by atoms with Gasteiger partial charge in [0, 0.05) is 17.5 Å². The zero-order chi connectivity index (χ0) is 23.8. The zero-order valence-corrected chi connectivity index (χ0v) is 18.9. The van der Waals surface area contributed by atoms with Gasteiger partial charge in [-0.3, -0.25) is 4.79 Å². The van der Waals surface area contributed by atoms with E-state index in [-0.39, 0.29) is 11.4 Å². The minimum atomic E-state index is -0.446. The number of rotatable bonds is 6. The van der Waals surface area contributed by atoms with E-state index in [9.17, 15) is 9.18 Å². The third kappa shape index (κ3) is 3.44. The largest absolute Gasteiger partial charge is 0.495 e. The van der Waals surface area contributed by atoms with Crippen LogP contribution in [0.1, 0.15) is 21.6 Å². The molecule has 1 heterocycles. The highest BCUT2D eigenvalue weighted by Gasteiger charge is 2.33. The number of hydrogen-bond acceptors (Lipinski definition) is 5. The number of halogens is 1. The van der Waals surface area contributed by atoms with Gasteiger partial charge in [-0.15, -0.1) is 0 Å². The topological polar surface area (TPSA) is 74.6 Å². The SMILES string of the molecule is COc1ccccc1NC(=O)c1nn(-c2ccccc2F)c2c1Cc1cc(OC)c(OC)cc1-2. The summed E-state index contributed by atoms with van der Waals surface area (Å²) in [6.07, 6.45) is 0.439. The van der Waals surface area contributed by atoms with Crippen LogP contribution in [-0.4, -0.2) is 37.0 Å². The average Bonchev–Trinajstić information content (AvgIpc) is 3.40. The Labute approximate surface area is 195 Å². The summed E-state index contributed by atoms with van der Waals surface area (Å²) in [5.41, 5.74) is 4.05. The molecule has 0 aliphatic heterocycles. The first kappa shape index (κ1) is 21.5. The molecule has 0 atom stereocenters. The van der Waals surface area contributed by atoms with Crippen molar-refractivity contribution in [3.8, 4) is 34.2 Å². The predicted octanol–water partition coefficient (Wildman–Crippen LogP) is 4.86. The van der Waals surface area contributed by atoms with E-state index in [1.54, 1.807) is 50.6 Å². The maximum Gasteiger partial charge on any atom is 0.276 e. The van der Waals surface area contributed by atoms with Gasteiger partial charge in [0.25, 0.3) is 5.91 Å². The molecule has 172 valence electrons. The number of nitrogens with zero attached hydrogens (tertiary/aromatic N) is 2. The lowest BCUT2D eigenvalue weighted by Gasteiger charge is -2.12. The van der Waals surface area contributed by atoms with Crippen LogP contribution < -0.4 is 19.5 Å². The van der Waals surface area contributed by atoms with E-state index in [0.29, 0.717) is 40.6 Å². The number of para-hydroxylation sites is 3. The highest BCUT2D eigenvalue weighted by molar-refractivity contribution is 6.06. The van der Waals surface area contributed by atoms with Gasteiger partial charge in [0.2, 0.25) is 0 Å². The van der Waals surface area contributed by atoms with Crippen molar-refractivity contribution in [1.29, 1.82) is 0 Å². The second-order valence-electron chi connectivity index (χ2n) is 7.73. The maximum absolute atomic E-state index is 14.8. The Hall–Kier alpha value is -4.33. The molecule has 4 aromatic rings. The Kier molecular flexibility index (Phi) is 5.41. The molecule has 0 saturated heterocycles. The highest BCUT2D eigenvalue weighted by Crippen LogP contribution is 2.45. The van der Waals surface area contributed by atoms with Gasteiger partial charge in [-0.25, -0.2) is 9.07 Å². The number of carbonyl (C=O) groups is 1. The lowest BCUT2D eigenvalue weighted by atomic mass is 10.1. The van der Waals surface area contributed by atoms with Gasteiger partial charge >= 0.3 is 0 Å². The molecular weight excluding hydrogens is 437 g/mol. The van der Waals surface area contributed by atoms with Crippen LogP contribution in [-0.2, 0) is 6.42 Å². The van der Waals surface area contributed by atoms with Crippen molar-refractivity contribution in [1.82, 2.24) is 9.78 Å². The highest BCUT2D eigenvalue weighted by atomic mass is 19.1. The van der Waals surface area contributed by atoms with Crippen LogP contribution in [0.25, 0.3) is 16.9 Å². The van der Waals surface area contributed by atoms with Crippen LogP contribution >= 0.6 is 0 Å². The first-order valence-corrected chi connectivity index (χ1v) is 10.6. The molecule has 1 amide bonds. The summed E-state index contributed by atoms with van der Waals surface area (Å²) in [5, 5.41) is 7.44. The van der Waals surface area contributed by atoms with Gasteiger partial charge in [-0.1, -0.05) is 24.3 Å². The summed E-state index contributed by atoms with van der Waals surface area (Å²) in [4.78, 5) is 13.4. The van der Waals surface area contributed by atoms with Crippen LogP contribution in [0.4, 0.5) is 10.1 Å². The summed E-state index contributed by atoms with van der Waals surface area (Å²) < 4.78 is 32.6. The number of carbonyl (C=O) groups excluding carboxylic acids is 1. The molecule has 0 bridgehead atoms. The first-order chi connectivity index (χ1) is 16.5. The van der Waals surface area contributed by atoms with Gasteiger partial charge in [-0.05, 0) is 42.0 Å². The normalized spacial score (nSPS) is 11.5. The summed E-state index contributed by atoms with van der Waals surface area (Å²) >= 11 is 0. The maximum atomic E-state index is 14.8. The van der Waals surface area contributed by atoms with Crippen molar-refractivity contribution >= 4 is 11.6 Å². The van der Waals surface area contributed by atoms with E-state index in [0.717, 1.165) is 11.1 Å². The standard InChI is InChI=1S/C26H22FN3O4/c1-32-21-11-7-5-9-19(21)28-26(31)24-17-12-15-13-22(33-2)23(34-3)14-16(15)25(17)30(29-24)20-10-6-4-8-18(20)27/h4-11,13-14H,12H2,1-3H3,(H,28,31). The van der Waals surface area contributed by atoms with Gasteiger partial charge in [0.05, 0.1) is 32.7 Å². The monoisotopic (exact) mass is 459 g/mol. The average molecular weight is 459 g/mol. The van der Waals surface area contributed by atoms with Crippen LogP contribution in [0.3, 0.4) is 0 Å². The fourth-order valence-electron chi connectivity index (χ4n) is 4.28. The third-order valence-electron chi connectivity index (χ3n) is 5.87. The fourth-order valence-corrected chi connectivity index (χ4v) is 4.28. The molecule has 1 aliphatic carbocycles. The molecule has 3 aromatic carbocycles. The second-order valence-corrected chi connectivity index (χ2v) is 7.73. The number of ether oxygens (including phenoxy) is 3. The summed E-state index contributed by atoms with van der Waals surface area (Å²) in [6, 6.07) is 17.2. The molecule has 8 heteroatoms. The first-order valence-electron chi connectivity index (χ1n) is 10.6. The van der Waals surface area contributed by atoms with Gasteiger partial charge in [-0.2, -0.15) is 5.10 Å². The number of benzene rings is 3. The van der Waals surface area contributed by atoms with E-state index < -0.39 is 11.7 Å². The van der Waals surface area contributed by atoms with Crippen LogP contribution in [0.15, 0.2) is 60.7 Å². The quantitative estimate of drug-likeness (QED) is 0.393. The molecule has 1 aromatic heterocycles. The molecule has 0 unspecified atom stereocenters. The molecule has 0 radical (unpaired) electrons. The number of methoxy groups -OCH3 is 3. The minimum absolute atomic E-state index is 0.207. The fraction of sp³-hybridized carbons (Fsp3) is 0.154. The number of anilines is 1. The van der Waals surface area contributed by atoms with Crippen molar-refractivity contribution in [2.75, 3.05) is 26.6 Å². The predicted molar refractivity (Wildman–Crippen MR) is 126 cm³/mol. The van der Waals surface area contributed by atoms with E-state index in [4.69, 9.17) is 14.2 Å². The summed E-state index contributed by atoms with van der Waals surface area (Å²) in [5.74, 6) is 0.784. The van der Waals surface area contributed by atoms with E-state index in [1.165, 1.54) is 17.9 Å². The van der Waals surface area contributed by atoms with Crippen molar-refractivity contribution in [3.63, 3.8) is 0 Å². The molecule has 1 aliphatic rings. The number of amides is 1. The molecule has 7 nitrogen and oxygen atoms in total. The third-order valence-corrected chi connectivity index (χ3v) is 5.87. The van der Waals surface area contributed by atoms with Crippen LogP contribution in [0.2, 0.25) is 0 Å². The Morgan fingerprint density at radius 3 is 2.35 bits per heavy atom. The summed E-state index contributed by atoms with van der Waals surface area (Å²) in [6.45, 7) is 0. The molecule has 0 saturated carbocycles. The lowest BCUT2D eigenvalue weighted by molar-refractivity contribution is 0.102. The minimum Gasteiger partial charge on any atom is -0.495 e. The Morgan fingerprint density at radius 1 is 0.941 bits per heavy atom. The number of fused-ring (bicyclic) bond motifs is 3. The van der Waals surface area contributed by atoms with E-state index in [1.807, 2.05) is 18.2 Å². The smallest absolute Gasteiger partial charge is 0.276 e. The zero-order valence-electron chi connectivity index (χ0n) is 18.9. The number of hydrogen-bond donors (Lipinski definition) is 1. The summed E-state index contributed by atoms with van der Waals surface area (Å²) in [7, 11) is 4.66. The molecule has 1 N–H and O–H groups in total. The lowest BCUT2D eigenvalue weighted by Crippen LogP contribution is -2.15. The van der Waals surface area contributed by atoms with Crippen LogP contribution in [0.5, 0.6) is 17.2 Å². The second kappa shape index (κ2) is 8.55. The van der Waals surface area contributed by atoms with E-state index in [2.05, 4.69) is 10.4 Å². The molecule has 0 spiro atoms.